The second-order valence-electron chi connectivity index (χ2n) is 3.61. The van der Waals surface area contributed by atoms with Crippen molar-refractivity contribution in [3.63, 3.8) is 0 Å². The van der Waals surface area contributed by atoms with Gasteiger partial charge in [-0.15, -0.1) is 0 Å². The van der Waals surface area contributed by atoms with Gasteiger partial charge in [0.05, 0.1) is 6.61 Å². The molecule has 0 aromatic rings. The summed E-state index contributed by atoms with van der Waals surface area (Å²) in [5.41, 5.74) is 0. The minimum absolute atomic E-state index is 0.0968. The highest BCUT2D eigenvalue weighted by Gasteiger charge is 2.42. The lowest BCUT2D eigenvalue weighted by atomic mass is 9.98. The SMILES string of the molecule is CCNCC1CCC(C(F)(F)F)OC1. The molecule has 0 aromatic carbocycles. The fraction of sp³-hybridized carbons (Fsp3) is 1.00. The first-order valence-electron chi connectivity index (χ1n) is 4.93. The molecule has 1 fully saturated rings. The third kappa shape index (κ3) is 3.46. The standard InChI is InChI=1S/C9H16F3NO/c1-2-13-5-7-3-4-8(14-6-7)9(10,11)12/h7-8,13H,2-6H2,1H3. The van der Waals surface area contributed by atoms with E-state index in [1.165, 1.54) is 0 Å². The van der Waals surface area contributed by atoms with Gasteiger partial charge >= 0.3 is 6.18 Å². The lowest BCUT2D eigenvalue weighted by Gasteiger charge is -2.30. The van der Waals surface area contributed by atoms with E-state index in [-0.39, 0.29) is 18.9 Å². The van der Waals surface area contributed by atoms with Gasteiger partial charge in [-0.1, -0.05) is 6.92 Å². The molecular formula is C9H16F3NO. The summed E-state index contributed by atoms with van der Waals surface area (Å²) < 4.78 is 41.3. The van der Waals surface area contributed by atoms with Crippen LogP contribution in [-0.2, 0) is 4.74 Å². The van der Waals surface area contributed by atoms with E-state index in [1.54, 1.807) is 0 Å². The van der Waals surface area contributed by atoms with Crippen molar-refractivity contribution < 1.29 is 17.9 Å². The van der Waals surface area contributed by atoms with Crippen LogP contribution in [0.25, 0.3) is 0 Å². The average molecular weight is 211 g/mol. The Morgan fingerprint density at radius 3 is 2.50 bits per heavy atom. The van der Waals surface area contributed by atoms with Crippen molar-refractivity contribution >= 4 is 0 Å². The highest BCUT2D eigenvalue weighted by atomic mass is 19.4. The average Bonchev–Trinajstić information content (AvgIpc) is 2.14. The summed E-state index contributed by atoms with van der Waals surface area (Å²) in [7, 11) is 0. The summed E-state index contributed by atoms with van der Waals surface area (Å²) in [6.45, 7) is 3.79. The third-order valence-corrected chi connectivity index (χ3v) is 2.42. The van der Waals surface area contributed by atoms with Gasteiger partial charge in [-0.3, -0.25) is 0 Å². The highest BCUT2D eigenvalue weighted by molar-refractivity contribution is 4.76. The fourth-order valence-electron chi connectivity index (χ4n) is 1.57. The van der Waals surface area contributed by atoms with Crippen molar-refractivity contribution in [2.75, 3.05) is 19.7 Å². The first-order chi connectivity index (χ1) is 6.54. The number of alkyl halides is 3. The fourth-order valence-corrected chi connectivity index (χ4v) is 1.57. The molecule has 1 aliphatic heterocycles. The Balaban J connectivity index is 2.24. The molecule has 2 atom stereocenters. The van der Waals surface area contributed by atoms with E-state index in [2.05, 4.69) is 5.32 Å². The lowest BCUT2D eigenvalue weighted by molar-refractivity contribution is -0.235. The molecule has 0 aromatic heterocycles. The maximum atomic E-state index is 12.2. The van der Waals surface area contributed by atoms with E-state index in [4.69, 9.17) is 4.74 Å². The molecule has 1 heterocycles. The number of nitrogens with one attached hydrogen (secondary N) is 1. The van der Waals surface area contributed by atoms with Crippen LogP contribution in [-0.4, -0.2) is 32.0 Å². The van der Waals surface area contributed by atoms with Gasteiger partial charge in [-0.2, -0.15) is 13.2 Å². The molecule has 1 aliphatic rings. The number of hydrogen-bond donors (Lipinski definition) is 1. The summed E-state index contributed by atoms with van der Waals surface area (Å²) in [5, 5.41) is 3.11. The van der Waals surface area contributed by atoms with Gasteiger partial charge in [0, 0.05) is 6.54 Å². The van der Waals surface area contributed by atoms with Crippen LogP contribution in [0.2, 0.25) is 0 Å². The maximum Gasteiger partial charge on any atom is 0.414 e. The van der Waals surface area contributed by atoms with Crippen LogP contribution >= 0.6 is 0 Å². The van der Waals surface area contributed by atoms with Crippen molar-refractivity contribution in [1.29, 1.82) is 0 Å². The topological polar surface area (TPSA) is 21.3 Å². The molecule has 5 heteroatoms. The first kappa shape index (κ1) is 11.8. The Morgan fingerprint density at radius 2 is 2.07 bits per heavy atom. The first-order valence-corrected chi connectivity index (χ1v) is 4.93. The summed E-state index contributed by atoms with van der Waals surface area (Å²) in [6, 6.07) is 0. The minimum Gasteiger partial charge on any atom is -0.368 e. The van der Waals surface area contributed by atoms with Crippen LogP contribution in [0.1, 0.15) is 19.8 Å². The quantitative estimate of drug-likeness (QED) is 0.770. The van der Waals surface area contributed by atoms with Gasteiger partial charge in [0.15, 0.2) is 6.10 Å². The molecule has 84 valence electrons. The van der Waals surface area contributed by atoms with Crippen molar-refractivity contribution in [2.45, 2.75) is 32.0 Å². The maximum absolute atomic E-state index is 12.2. The summed E-state index contributed by atoms with van der Waals surface area (Å²) >= 11 is 0. The minimum atomic E-state index is -4.19. The second kappa shape index (κ2) is 4.98. The predicted molar refractivity (Wildman–Crippen MR) is 47.1 cm³/mol. The molecule has 0 radical (unpaired) electrons. The van der Waals surface area contributed by atoms with Crippen LogP contribution in [0.4, 0.5) is 13.2 Å². The van der Waals surface area contributed by atoms with Crippen LogP contribution in [0, 0.1) is 5.92 Å². The van der Waals surface area contributed by atoms with E-state index >= 15 is 0 Å². The molecular weight excluding hydrogens is 195 g/mol. The molecule has 1 saturated heterocycles. The normalized spacial score (nSPS) is 29.1. The van der Waals surface area contributed by atoms with E-state index in [0.717, 1.165) is 13.1 Å². The second-order valence-corrected chi connectivity index (χ2v) is 3.61. The molecule has 1 rings (SSSR count). The van der Waals surface area contributed by atoms with Crippen LogP contribution in [0.15, 0.2) is 0 Å². The molecule has 0 amide bonds. The Bertz CT molecular complexity index is 164. The zero-order valence-corrected chi connectivity index (χ0v) is 8.23. The number of ether oxygens (including phenoxy) is 1. The summed E-state index contributed by atoms with van der Waals surface area (Å²) in [6.07, 6.45) is -5.04. The Hall–Kier alpha value is -0.290. The molecule has 2 nitrogen and oxygen atoms in total. The van der Waals surface area contributed by atoms with Gasteiger partial charge in [-0.25, -0.2) is 0 Å². The van der Waals surface area contributed by atoms with Crippen LogP contribution < -0.4 is 5.32 Å². The molecule has 0 spiro atoms. The largest absolute Gasteiger partial charge is 0.414 e. The van der Waals surface area contributed by atoms with Gasteiger partial charge in [-0.05, 0) is 25.3 Å². The molecule has 0 bridgehead atoms. The smallest absolute Gasteiger partial charge is 0.368 e. The summed E-state index contributed by atoms with van der Waals surface area (Å²) in [5.74, 6) is 0.230. The zero-order valence-electron chi connectivity index (χ0n) is 8.23. The number of rotatable bonds is 3. The zero-order chi connectivity index (χ0) is 10.6. The van der Waals surface area contributed by atoms with E-state index < -0.39 is 12.3 Å². The molecule has 0 aliphatic carbocycles. The van der Waals surface area contributed by atoms with Crippen molar-refractivity contribution in [1.82, 2.24) is 5.32 Å². The molecule has 2 unspecified atom stereocenters. The molecule has 1 N–H and O–H groups in total. The number of hydrogen-bond acceptors (Lipinski definition) is 2. The Kier molecular flexibility index (Phi) is 4.19. The van der Waals surface area contributed by atoms with E-state index in [9.17, 15) is 13.2 Å². The monoisotopic (exact) mass is 211 g/mol. The highest BCUT2D eigenvalue weighted by Crippen LogP contribution is 2.31. The van der Waals surface area contributed by atoms with E-state index in [0.29, 0.717) is 6.42 Å². The van der Waals surface area contributed by atoms with Crippen LogP contribution in [0.3, 0.4) is 0 Å². The van der Waals surface area contributed by atoms with Crippen molar-refractivity contribution in [3.05, 3.63) is 0 Å². The lowest BCUT2D eigenvalue weighted by Crippen LogP contribution is -2.40. The van der Waals surface area contributed by atoms with Gasteiger partial charge < -0.3 is 10.1 Å². The van der Waals surface area contributed by atoms with Gasteiger partial charge in [0.25, 0.3) is 0 Å². The van der Waals surface area contributed by atoms with Crippen molar-refractivity contribution in [2.24, 2.45) is 5.92 Å². The molecule has 14 heavy (non-hydrogen) atoms. The van der Waals surface area contributed by atoms with Crippen molar-refractivity contribution in [3.8, 4) is 0 Å². The number of halogens is 3. The Labute approximate surface area is 81.8 Å². The van der Waals surface area contributed by atoms with Gasteiger partial charge in [0.1, 0.15) is 0 Å². The predicted octanol–water partition coefficient (Wildman–Crippen LogP) is 1.95. The van der Waals surface area contributed by atoms with E-state index in [1.807, 2.05) is 6.92 Å². The van der Waals surface area contributed by atoms with Gasteiger partial charge in [0.2, 0.25) is 0 Å². The molecule has 0 saturated carbocycles. The summed E-state index contributed by atoms with van der Waals surface area (Å²) in [4.78, 5) is 0. The third-order valence-electron chi connectivity index (χ3n) is 2.42. The Morgan fingerprint density at radius 1 is 1.36 bits per heavy atom. The van der Waals surface area contributed by atoms with Crippen LogP contribution in [0.5, 0.6) is 0 Å².